The fourth-order valence-electron chi connectivity index (χ4n) is 1.67. The minimum atomic E-state index is -1.18. The van der Waals surface area contributed by atoms with Crippen molar-refractivity contribution in [2.75, 3.05) is 14.2 Å². The van der Waals surface area contributed by atoms with Crippen molar-refractivity contribution in [3.05, 3.63) is 22.3 Å². The molecule has 0 heterocycles. The quantitative estimate of drug-likeness (QED) is 0.393. The molecule has 0 aliphatic heterocycles. The molecule has 0 bridgehead atoms. The van der Waals surface area contributed by atoms with E-state index < -0.39 is 23.9 Å². The minimum absolute atomic E-state index is 0. The van der Waals surface area contributed by atoms with Crippen LogP contribution in [0.2, 0.25) is 0 Å². The summed E-state index contributed by atoms with van der Waals surface area (Å²) in [6, 6.07) is 0. The van der Waals surface area contributed by atoms with Crippen LogP contribution in [0.25, 0.3) is 0 Å². The number of carbonyl (C=O) groups is 4. The van der Waals surface area contributed by atoms with E-state index in [-0.39, 0.29) is 76.7 Å². The standard InChI is InChI=1S/C9H14O4.C7H10O4.2Na/c1-5-7(9(11)13-4)6(2)8(10)12-3;1-3-5(7(10)11)4(2)6(8)9;;/h5H2,1-4H3;3H2,1-2H3,(H,8,9)(H,10,11);;/b;5-4-;;. The van der Waals surface area contributed by atoms with Crippen molar-refractivity contribution < 1.29 is 38.9 Å². The fraction of sp³-hybridized carbons (Fsp3) is 0.500. The third-order valence-electron chi connectivity index (χ3n) is 3.11. The Morgan fingerprint density at radius 1 is 0.692 bits per heavy atom. The molecule has 0 unspecified atom stereocenters. The summed E-state index contributed by atoms with van der Waals surface area (Å²) < 4.78 is 9.00. The Balaban J connectivity index is -0.000000175. The van der Waals surface area contributed by atoms with Crippen LogP contribution >= 0.6 is 0 Å². The number of hydrogen-bond donors (Lipinski definition) is 2. The van der Waals surface area contributed by atoms with Gasteiger partial charge in [-0.3, -0.25) is 0 Å². The molecule has 2 radical (unpaired) electrons. The fourth-order valence-corrected chi connectivity index (χ4v) is 1.67. The number of ether oxygens (including phenoxy) is 2. The summed E-state index contributed by atoms with van der Waals surface area (Å²) in [6.45, 7) is 6.21. The first-order valence-corrected chi connectivity index (χ1v) is 7.11. The largest absolute Gasteiger partial charge is 0.478 e. The molecule has 0 aliphatic rings. The van der Waals surface area contributed by atoms with E-state index in [1.54, 1.807) is 20.8 Å². The molecule has 2 N–H and O–H groups in total. The molecular formula is C16H24Na2O8. The first-order chi connectivity index (χ1) is 11.1. The van der Waals surface area contributed by atoms with E-state index in [2.05, 4.69) is 9.47 Å². The molecule has 0 atom stereocenters. The predicted octanol–water partition coefficient (Wildman–Crippen LogP) is 1.18. The second-order valence-electron chi connectivity index (χ2n) is 4.51. The zero-order chi connectivity index (χ0) is 19.4. The van der Waals surface area contributed by atoms with Gasteiger partial charge in [0.05, 0.1) is 14.2 Å². The molecule has 10 heteroatoms. The Bertz CT molecular complexity index is 565. The molecule has 0 rings (SSSR count). The van der Waals surface area contributed by atoms with E-state index in [1.165, 1.54) is 21.1 Å². The molecule has 0 aromatic carbocycles. The van der Waals surface area contributed by atoms with Gasteiger partial charge in [-0.15, -0.1) is 0 Å². The zero-order valence-corrected chi connectivity index (χ0v) is 20.8. The summed E-state index contributed by atoms with van der Waals surface area (Å²) in [5.74, 6) is -3.32. The topological polar surface area (TPSA) is 127 Å². The molecular weight excluding hydrogens is 366 g/mol. The van der Waals surface area contributed by atoms with Gasteiger partial charge in [-0.05, 0) is 26.7 Å². The van der Waals surface area contributed by atoms with Crippen LogP contribution in [0.15, 0.2) is 22.3 Å². The summed E-state index contributed by atoms with van der Waals surface area (Å²) in [5, 5.41) is 16.9. The van der Waals surface area contributed by atoms with Crippen molar-refractivity contribution in [2.24, 2.45) is 0 Å². The SMILES string of the molecule is CC/C(C(=O)O)=C(\C)C(=O)O.CCC(C(=O)OC)=C(C)C(=O)OC.[Na].[Na]. The van der Waals surface area contributed by atoms with E-state index in [0.717, 1.165) is 0 Å². The summed E-state index contributed by atoms with van der Waals surface area (Å²) in [4.78, 5) is 42.8. The van der Waals surface area contributed by atoms with Gasteiger partial charge >= 0.3 is 23.9 Å². The van der Waals surface area contributed by atoms with Gasteiger partial charge in [-0.2, -0.15) is 0 Å². The number of methoxy groups -OCH3 is 2. The molecule has 0 aliphatic carbocycles. The van der Waals surface area contributed by atoms with Crippen LogP contribution in [-0.2, 0) is 28.7 Å². The number of carboxylic acid groups (broad SMARTS) is 2. The smallest absolute Gasteiger partial charge is 0.334 e. The number of hydrogen-bond acceptors (Lipinski definition) is 6. The summed E-state index contributed by atoms with van der Waals surface area (Å²) in [6.07, 6.45) is 0.682. The van der Waals surface area contributed by atoms with Crippen LogP contribution in [-0.4, -0.2) is 107 Å². The van der Waals surface area contributed by atoms with E-state index in [4.69, 9.17) is 10.2 Å². The predicted molar refractivity (Wildman–Crippen MR) is 96.8 cm³/mol. The number of aliphatic carboxylic acids is 2. The second-order valence-corrected chi connectivity index (χ2v) is 4.51. The van der Waals surface area contributed by atoms with Crippen molar-refractivity contribution in [1.82, 2.24) is 0 Å². The summed E-state index contributed by atoms with van der Waals surface area (Å²) in [5.41, 5.74) is 0.517. The number of esters is 2. The van der Waals surface area contributed by atoms with Crippen molar-refractivity contribution in [2.45, 2.75) is 40.5 Å². The van der Waals surface area contributed by atoms with Crippen molar-refractivity contribution in [1.29, 1.82) is 0 Å². The van der Waals surface area contributed by atoms with E-state index in [9.17, 15) is 19.2 Å². The van der Waals surface area contributed by atoms with Gasteiger partial charge in [0.25, 0.3) is 0 Å². The van der Waals surface area contributed by atoms with Gasteiger partial charge in [0.2, 0.25) is 0 Å². The molecule has 0 saturated carbocycles. The van der Waals surface area contributed by atoms with E-state index in [0.29, 0.717) is 17.6 Å². The molecule has 0 aromatic heterocycles. The normalized spacial score (nSPS) is 11.0. The van der Waals surface area contributed by atoms with Crippen LogP contribution in [0.1, 0.15) is 40.5 Å². The van der Waals surface area contributed by atoms with Crippen LogP contribution in [0, 0.1) is 0 Å². The van der Waals surface area contributed by atoms with Crippen LogP contribution in [0.4, 0.5) is 0 Å². The van der Waals surface area contributed by atoms with Crippen molar-refractivity contribution in [3.63, 3.8) is 0 Å². The maximum Gasteiger partial charge on any atom is 0.334 e. The molecule has 138 valence electrons. The maximum atomic E-state index is 11.1. The second kappa shape index (κ2) is 17.8. The average molecular weight is 390 g/mol. The van der Waals surface area contributed by atoms with E-state index >= 15 is 0 Å². The molecule has 0 aromatic rings. The van der Waals surface area contributed by atoms with Crippen molar-refractivity contribution in [3.8, 4) is 0 Å². The molecule has 0 saturated heterocycles. The zero-order valence-electron chi connectivity index (χ0n) is 16.8. The number of carbonyl (C=O) groups excluding carboxylic acids is 2. The molecule has 8 nitrogen and oxygen atoms in total. The van der Waals surface area contributed by atoms with E-state index in [1.807, 2.05) is 0 Å². The maximum absolute atomic E-state index is 11.1. The Kier molecular flexibility index (Phi) is 22.5. The summed E-state index contributed by atoms with van der Waals surface area (Å²) >= 11 is 0. The van der Waals surface area contributed by atoms with Crippen LogP contribution in [0.3, 0.4) is 0 Å². The third-order valence-corrected chi connectivity index (χ3v) is 3.11. The first-order valence-electron chi connectivity index (χ1n) is 7.11. The Morgan fingerprint density at radius 3 is 1.27 bits per heavy atom. The molecule has 0 amide bonds. The van der Waals surface area contributed by atoms with Gasteiger partial charge in [-0.1, -0.05) is 13.8 Å². The molecule has 0 fully saturated rings. The number of rotatable bonds is 6. The molecule has 0 spiro atoms. The summed E-state index contributed by atoms with van der Waals surface area (Å²) in [7, 11) is 2.55. The Hall–Kier alpha value is -0.640. The van der Waals surface area contributed by atoms with Gasteiger partial charge in [0.15, 0.2) is 0 Å². The van der Waals surface area contributed by atoms with Gasteiger partial charge in [0.1, 0.15) is 0 Å². The number of carboxylic acids is 2. The van der Waals surface area contributed by atoms with Crippen LogP contribution < -0.4 is 0 Å². The van der Waals surface area contributed by atoms with Crippen LogP contribution in [0.5, 0.6) is 0 Å². The first kappa shape index (κ1) is 33.0. The van der Waals surface area contributed by atoms with Crippen molar-refractivity contribution >= 4 is 83.0 Å². The minimum Gasteiger partial charge on any atom is -0.478 e. The monoisotopic (exact) mass is 390 g/mol. The third kappa shape index (κ3) is 11.9. The Morgan fingerprint density at radius 2 is 1.08 bits per heavy atom. The van der Waals surface area contributed by atoms with Gasteiger partial charge in [0, 0.05) is 81.4 Å². The molecule has 26 heavy (non-hydrogen) atoms. The average Bonchev–Trinajstić information content (AvgIpc) is 2.54. The van der Waals surface area contributed by atoms with Gasteiger partial charge in [-0.25, -0.2) is 19.2 Å². The Labute approximate surface area is 197 Å². The van der Waals surface area contributed by atoms with Gasteiger partial charge < -0.3 is 19.7 Å².